The highest BCUT2D eigenvalue weighted by Gasteiger charge is 2.41. The largest absolute Gasteiger partial charge is 0.381 e. The van der Waals surface area contributed by atoms with E-state index in [0.29, 0.717) is 39.1 Å². The number of nitrogens with two attached hydrogens (primary N) is 1. The Hall–Kier alpha value is -1.39. The van der Waals surface area contributed by atoms with Gasteiger partial charge >= 0.3 is 0 Å². The van der Waals surface area contributed by atoms with E-state index in [0.717, 1.165) is 5.69 Å². The number of ether oxygens (including phenoxy) is 1. The molecule has 2 N–H and O–H groups in total. The smallest absolute Gasteiger partial charge is 0.234 e. The van der Waals surface area contributed by atoms with Crippen LogP contribution in [0.3, 0.4) is 0 Å². The van der Waals surface area contributed by atoms with Crippen molar-refractivity contribution in [1.82, 2.24) is 0 Å². The van der Waals surface area contributed by atoms with Crippen molar-refractivity contribution in [3.8, 4) is 0 Å². The second kappa shape index (κ2) is 6.37. The molecule has 0 bridgehead atoms. The number of amides is 1. The number of benzene rings is 1. The van der Waals surface area contributed by atoms with Crippen LogP contribution in [0.5, 0.6) is 0 Å². The van der Waals surface area contributed by atoms with Crippen LogP contribution in [0.15, 0.2) is 24.3 Å². The summed E-state index contributed by atoms with van der Waals surface area (Å²) in [4.78, 5) is 14.8. The molecule has 0 saturated carbocycles. The summed E-state index contributed by atoms with van der Waals surface area (Å²) in [6.45, 7) is 6.33. The third-order valence-electron chi connectivity index (χ3n) is 4.20. The number of aryl methyl sites for hydroxylation is 1. The normalized spacial score (nSPS) is 17.8. The van der Waals surface area contributed by atoms with E-state index in [1.54, 1.807) is 0 Å². The summed E-state index contributed by atoms with van der Waals surface area (Å²) < 4.78 is 5.39. The lowest BCUT2D eigenvalue weighted by atomic mass is 9.78. The molecule has 4 nitrogen and oxygen atoms in total. The maximum atomic E-state index is 13.0. The molecule has 2 rings (SSSR count). The molecule has 4 heteroatoms. The van der Waals surface area contributed by atoms with Crippen LogP contribution in [-0.2, 0) is 9.53 Å². The summed E-state index contributed by atoms with van der Waals surface area (Å²) in [6.07, 6.45) is 1.43. The molecule has 0 unspecified atom stereocenters. The van der Waals surface area contributed by atoms with Gasteiger partial charge in [0, 0.05) is 32.0 Å². The highest BCUT2D eigenvalue weighted by atomic mass is 16.5. The predicted octanol–water partition coefficient (Wildman–Crippen LogP) is 2.10. The minimum atomic E-state index is -0.459. The van der Waals surface area contributed by atoms with E-state index in [1.807, 2.05) is 43.0 Å². The number of rotatable bonds is 4. The Bertz CT molecular complexity index is 450. The Labute approximate surface area is 120 Å². The van der Waals surface area contributed by atoms with Crippen LogP contribution in [0.25, 0.3) is 0 Å². The molecule has 110 valence electrons. The van der Waals surface area contributed by atoms with Crippen LogP contribution < -0.4 is 10.6 Å². The molecule has 1 aromatic carbocycles. The molecule has 20 heavy (non-hydrogen) atoms. The lowest BCUT2D eigenvalue weighted by Gasteiger charge is -2.38. The first kappa shape index (κ1) is 15.0. The Morgan fingerprint density at radius 3 is 2.40 bits per heavy atom. The average molecular weight is 276 g/mol. The van der Waals surface area contributed by atoms with Gasteiger partial charge in [0.2, 0.25) is 5.91 Å². The number of hydrogen-bond acceptors (Lipinski definition) is 3. The topological polar surface area (TPSA) is 55.6 Å². The van der Waals surface area contributed by atoms with E-state index < -0.39 is 5.41 Å². The molecule has 0 radical (unpaired) electrons. The van der Waals surface area contributed by atoms with Crippen LogP contribution in [0.2, 0.25) is 0 Å². The van der Waals surface area contributed by atoms with Gasteiger partial charge in [-0.15, -0.1) is 0 Å². The van der Waals surface area contributed by atoms with Crippen molar-refractivity contribution < 1.29 is 9.53 Å². The monoisotopic (exact) mass is 276 g/mol. The predicted molar refractivity (Wildman–Crippen MR) is 80.7 cm³/mol. The molecule has 1 aliphatic heterocycles. The van der Waals surface area contributed by atoms with Gasteiger partial charge in [-0.2, -0.15) is 0 Å². The van der Waals surface area contributed by atoms with Gasteiger partial charge in [-0.05, 0) is 38.8 Å². The maximum absolute atomic E-state index is 13.0. The molecular formula is C16H24N2O2. The molecule has 1 aromatic rings. The zero-order chi connectivity index (χ0) is 14.6. The number of nitrogens with zero attached hydrogens (tertiary/aromatic N) is 1. The Balaban J connectivity index is 2.25. The molecule has 1 aliphatic rings. The summed E-state index contributed by atoms with van der Waals surface area (Å²) in [6, 6.07) is 8.06. The zero-order valence-electron chi connectivity index (χ0n) is 12.4. The fourth-order valence-electron chi connectivity index (χ4n) is 2.72. The van der Waals surface area contributed by atoms with Crippen molar-refractivity contribution in [2.75, 3.05) is 31.2 Å². The number of carbonyl (C=O) groups is 1. The Morgan fingerprint density at radius 1 is 1.30 bits per heavy atom. The Morgan fingerprint density at radius 2 is 1.90 bits per heavy atom. The molecule has 0 aliphatic carbocycles. The van der Waals surface area contributed by atoms with Crippen LogP contribution in [-0.4, -0.2) is 32.2 Å². The van der Waals surface area contributed by atoms with E-state index in [1.165, 1.54) is 5.56 Å². The van der Waals surface area contributed by atoms with Gasteiger partial charge in [0.1, 0.15) is 0 Å². The second-order valence-electron chi connectivity index (χ2n) is 5.48. The van der Waals surface area contributed by atoms with Crippen molar-refractivity contribution in [2.45, 2.75) is 26.7 Å². The fourth-order valence-corrected chi connectivity index (χ4v) is 2.72. The fraction of sp³-hybridized carbons (Fsp3) is 0.562. The quantitative estimate of drug-likeness (QED) is 0.916. The summed E-state index contributed by atoms with van der Waals surface area (Å²) in [5.41, 5.74) is 7.61. The van der Waals surface area contributed by atoms with Crippen LogP contribution in [0, 0.1) is 12.3 Å². The first-order valence-electron chi connectivity index (χ1n) is 7.29. The van der Waals surface area contributed by atoms with Gasteiger partial charge in [-0.25, -0.2) is 0 Å². The molecule has 1 heterocycles. The zero-order valence-corrected chi connectivity index (χ0v) is 12.4. The minimum Gasteiger partial charge on any atom is -0.381 e. The van der Waals surface area contributed by atoms with E-state index in [4.69, 9.17) is 10.5 Å². The van der Waals surface area contributed by atoms with E-state index in [2.05, 4.69) is 0 Å². The number of carbonyl (C=O) groups excluding carboxylic acids is 1. The van der Waals surface area contributed by atoms with Crippen molar-refractivity contribution in [2.24, 2.45) is 11.1 Å². The SMILES string of the molecule is CCN(C(=O)C1(CN)CCOCC1)c1ccc(C)cc1. The van der Waals surface area contributed by atoms with E-state index in [9.17, 15) is 4.79 Å². The van der Waals surface area contributed by atoms with Gasteiger partial charge in [0.25, 0.3) is 0 Å². The van der Waals surface area contributed by atoms with Crippen LogP contribution in [0.4, 0.5) is 5.69 Å². The van der Waals surface area contributed by atoms with Gasteiger partial charge in [0.15, 0.2) is 0 Å². The average Bonchev–Trinajstić information content (AvgIpc) is 2.50. The van der Waals surface area contributed by atoms with Crippen molar-refractivity contribution in [1.29, 1.82) is 0 Å². The van der Waals surface area contributed by atoms with Gasteiger partial charge in [0.05, 0.1) is 5.41 Å². The summed E-state index contributed by atoms with van der Waals surface area (Å²) >= 11 is 0. The van der Waals surface area contributed by atoms with Crippen molar-refractivity contribution in [3.05, 3.63) is 29.8 Å². The van der Waals surface area contributed by atoms with Crippen molar-refractivity contribution in [3.63, 3.8) is 0 Å². The number of anilines is 1. The second-order valence-corrected chi connectivity index (χ2v) is 5.48. The lowest BCUT2D eigenvalue weighted by Crippen LogP contribution is -2.51. The summed E-state index contributed by atoms with van der Waals surface area (Å²) in [5.74, 6) is 0.134. The highest BCUT2D eigenvalue weighted by Crippen LogP contribution is 2.33. The van der Waals surface area contributed by atoms with Crippen LogP contribution in [0.1, 0.15) is 25.3 Å². The molecule has 1 fully saturated rings. The first-order chi connectivity index (χ1) is 9.63. The molecule has 0 aromatic heterocycles. The standard InChI is InChI=1S/C16H24N2O2/c1-3-18(14-6-4-13(2)5-7-14)15(19)16(12-17)8-10-20-11-9-16/h4-7H,3,8-12,17H2,1-2H3. The minimum absolute atomic E-state index is 0.134. The summed E-state index contributed by atoms with van der Waals surface area (Å²) in [7, 11) is 0. The maximum Gasteiger partial charge on any atom is 0.234 e. The van der Waals surface area contributed by atoms with Gasteiger partial charge in [-0.1, -0.05) is 17.7 Å². The summed E-state index contributed by atoms with van der Waals surface area (Å²) in [5, 5.41) is 0. The Kier molecular flexibility index (Phi) is 4.78. The number of hydrogen-bond donors (Lipinski definition) is 1. The molecular weight excluding hydrogens is 252 g/mol. The lowest BCUT2D eigenvalue weighted by molar-refractivity contribution is -0.133. The van der Waals surface area contributed by atoms with E-state index >= 15 is 0 Å². The van der Waals surface area contributed by atoms with Gasteiger partial charge in [-0.3, -0.25) is 4.79 Å². The third kappa shape index (κ3) is 2.86. The molecule has 1 saturated heterocycles. The molecule has 1 amide bonds. The van der Waals surface area contributed by atoms with Gasteiger partial charge < -0.3 is 15.4 Å². The van der Waals surface area contributed by atoms with E-state index in [-0.39, 0.29) is 5.91 Å². The third-order valence-corrected chi connectivity index (χ3v) is 4.20. The van der Waals surface area contributed by atoms with Crippen molar-refractivity contribution >= 4 is 11.6 Å². The molecule has 0 spiro atoms. The van der Waals surface area contributed by atoms with Crippen LogP contribution >= 0.6 is 0 Å². The molecule has 0 atom stereocenters. The first-order valence-corrected chi connectivity index (χ1v) is 7.29. The highest BCUT2D eigenvalue weighted by molar-refractivity contribution is 5.97.